The maximum atomic E-state index is 13.2. The number of aliphatic hydroxyl groups excluding tert-OH is 1. The summed E-state index contributed by atoms with van der Waals surface area (Å²) < 4.78 is 0. The number of hydrogen-bond donors (Lipinski definition) is 8. The van der Waals surface area contributed by atoms with Gasteiger partial charge >= 0.3 is 5.97 Å². The molecule has 38 heavy (non-hydrogen) atoms. The summed E-state index contributed by atoms with van der Waals surface area (Å²) in [4.78, 5) is 65.1. The first kappa shape index (κ1) is 30.3. The number of aromatic amines is 1. The number of fused-ring (bicyclic) bond motifs is 1. The Labute approximate surface area is 219 Å². The van der Waals surface area contributed by atoms with Gasteiger partial charge in [-0.1, -0.05) is 38.5 Å². The van der Waals surface area contributed by atoms with E-state index in [1.165, 1.54) is 6.92 Å². The lowest BCUT2D eigenvalue weighted by molar-refractivity contribution is -0.142. The van der Waals surface area contributed by atoms with Gasteiger partial charge in [-0.15, -0.1) is 0 Å². The minimum absolute atomic E-state index is 0.0101. The number of carboxylic acid groups (broad SMARTS) is 1. The fourth-order valence-corrected chi connectivity index (χ4v) is 3.84. The average Bonchev–Trinajstić information content (AvgIpc) is 3.27. The zero-order valence-corrected chi connectivity index (χ0v) is 21.6. The number of benzene rings is 1. The number of rotatable bonds is 14. The highest BCUT2D eigenvalue weighted by Gasteiger charge is 2.34. The van der Waals surface area contributed by atoms with E-state index in [1.54, 1.807) is 20.0 Å². The molecule has 2 rings (SSSR count). The molecule has 13 heteroatoms. The summed E-state index contributed by atoms with van der Waals surface area (Å²) in [7, 11) is 0. The monoisotopic (exact) mass is 532 g/mol. The number of primary amides is 1. The SMILES string of the molecule is CCC(C)C(NC(=O)C(CC(N)=O)NC(=O)C(N)C(C)O)C(=O)NC(Cc1c[nH]c2ccccc12)C(=O)O. The molecule has 0 aliphatic carbocycles. The Morgan fingerprint density at radius 1 is 0.974 bits per heavy atom. The largest absolute Gasteiger partial charge is 0.480 e. The lowest BCUT2D eigenvalue weighted by Crippen LogP contribution is -2.60. The molecule has 6 atom stereocenters. The topological polar surface area (TPSA) is 230 Å². The van der Waals surface area contributed by atoms with E-state index < -0.39 is 72.2 Å². The van der Waals surface area contributed by atoms with Crippen LogP contribution in [0.4, 0.5) is 0 Å². The van der Waals surface area contributed by atoms with Gasteiger partial charge in [0.25, 0.3) is 0 Å². The lowest BCUT2D eigenvalue weighted by atomic mass is 9.96. The van der Waals surface area contributed by atoms with Crippen molar-refractivity contribution in [3.63, 3.8) is 0 Å². The molecule has 0 bridgehead atoms. The normalized spacial score (nSPS) is 15.9. The number of carbonyl (C=O) groups excluding carboxylic acids is 4. The van der Waals surface area contributed by atoms with Crippen LogP contribution in [0.1, 0.15) is 39.2 Å². The molecule has 6 unspecified atom stereocenters. The van der Waals surface area contributed by atoms with Crippen LogP contribution in [0.15, 0.2) is 30.5 Å². The summed E-state index contributed by atoms with van der Waals surface area (Å²) >= 11 is 0. The third-order valence-electron chi connectivity index (χ3n) is 6.37. The van der Waals surface area contributed by atoms with E-state index in [9.17, 15) is 34.2 Å². The van der Waals surface area contributed by atoms with E-state index in [-0.39, 0.29) is 6.42 Å². The minimum Gasteiger partial charge on any atom is -0.480 e. The quantitative estimate of drug-likeness (QED) is 0.148. The predicted octanol–water partition coefficient (Wildman–Crippen LogP) is -1.12. The molecule has 1 aromatic carbocycles. The van der Waals surface area contributed by atoms with Gasteiger partial charge in [-0.2, -0.15) is 0 Å². The first-order chi connectivity index (χ1) is 17.8. The average molecular weight is 533 g/mol. The predicted molar refractivity (Wildman–Crippen MR) is 138 cm³/mol. The Kier molecular flexibility index (Phi) is 10.8. The molecule has 208 valence electrons. The number of nitrogens with one attached hydrogen (secondary N) is 4. The van der Waals surface area contributed by atoms with Gasteiger partial charge in [0, 0.05) is 23.5 Å². The van der Waals surface area contributed by atoms with E-state index in [0.717, 1.165) is 10.9 Å². The van der Waals surface area contributed by atoms with E-state index in [2.05, 4.69) is 20.9 Å². The molecule has 0 radical (unpaired) electrons. The number of aliphatic carboxylic acids is 1. The van der Waals surface area contributed by atoms with Crippen LogP contribution in [-0.2, 0) is 30.4 Å². The Morgan fingerprint density at radius 3 is 2.18 bits per heavy atom. The maximum absolute atomic E-state index is 13.2. The van der Waals surface area contributed by atoms with Crippen molar-refractivity contribution in [1.29, 1.82) is 0 Å². The second-order valence-corrected chi connectivity index (χ2v) is 9.33. The Bertz CT molecular complexity index is 1160. The molecule has 0 aliphatic rings. The van der Waals surface area contributed by atoms with Crippen molar-refractivity contribution in [2.75, 3.05) is 0 Å². The zero-order chi connectivity index (χ0) is 28.6. The summed E-state index contributed by atoms with van der Waals surface area (Å²) in [6.07, 6.45) is 0.297. The van der Waals surface area contributed by atoms with Crippen LogP contribution in [0.25, 0.3) is 10.9 Å². The van der Waals surface area contributed by atoms with Crippen LogP contribution in [0.3, 0.4) is 0 Å². The molecule has 0 saturated carbocycles. The number of aliphatic hydroxyl groups is 1. The van der Waals surface area contributed by atoms with Crippen molar-refractivity contribution >= 4 is 40.5 Å². The van der Waals surface area contributed by atoms with E-state index in [1.807, 2.05) is 24.3 Å². The van der Waals surface area contributed by atoms with Crippen molar-refractivity contribution in [3.05, 3.63) is 36.0 Å². The smallest absolute Gasteiger partial charge is 0.326 e. The number of para-hydroxylation sites is 1. The van der Waals surface area contributed by atoms with Crippen LogP contribution in [0.5, 0.6) is 0 Å². The standard InChI is InChI=1S/C25H36N6O7/c1-4-12(2)21(31-22(34)17(10-19(26)33)29-23(35)20(27)13(3)32)24(36)30-18(25(37)38)9-14-11-28-16-8-6-5-7-15(14)16/h5-8,11-13,17-18,20-21,28,32H,4,9-10,27H2,1-3H3,(H2,26,33)(H,29,35)(H,30,36)(H,31,34)(H,37,38). The molecule has 0 aliphatic heterocycles. The van der Waals surface area contributed by atoms with E-state index >= 15 is 0 Å². The molecule has 1 aromatic heterocycles. The van der Waals surface area contributed by atoms with Crippen LogP contribution in [0.2, 0.25) is 0 Å². The van der Waals surface area contributed by atoms with Gasteiger partial charge in [-0.25, -0.2) is 4.79 Å². The lowest BCUT2D eigenvalue weighted by Gasteiger charge is -2.28. The van der Waals surface area contributed by atoms with Gasteiger partial charge in [0.05, 0.1) is 12.5 Å². The Hall–Kier alpha value is -3.97. The number of carboxylic acids is 1. The van der Waals surface area contributed by atoms with Gasteiger partial charge in [0.1, 0.15) is 24.2 Å². The second-order valence-electron chi connectivity index (χ2n) is 9.33. The van der Waals surface area contributed by atoms with Gasteiger partial charge in [-0.05, 0) is 24.5 Å². The first-order valence-corrected chi connectivity index (χ1v) is 12.3. The minimum atomic E-state index is -1.47. The fraction of sp³-hybridized carbons (Fsp3) is 0.480. The van der Waals surface area contributed by atoms with Gasteiger partial charge in [0.15, 0.2) is 0 Å². The molecule has 0 fully saturated rings. The highest BCUT2D eigenvalue weighted by Crippen LogP contribution is 2.19. The summed E-state index contributed by atoms with van der Waals surface area (Å²) in [6, 6.07) is 2.02. The van der Waals surface area contributed by atoms with Gasteiger partial charge in [-0.3, -0.25) is 19.2 Å². The van der Waals surface area contributed by atoms with Crippen molar-refractivity contribution in [3.8, 4) is 0 Å². The van der Waals surface area contributed by atoms with Crippen LogP contribution >= 0.6 is 0 Å². The van der Waals surface area contributed by atoms with Crippen molar-refractivity contribution < 1.29 is 34.2 Å². The molecule has 1 heterocycles. The Balaban J connectivity index is 2.21. The molecular weight excluding hydrogens is 496 g/mol. The van der Waals surface area contributed by atoms with Crippen LogP contribution in [-0.4, -0.2) is 75.1 Å². The number of amides is 4. The second kappa shape index (κ2) is 13.5. The van der Waals surface area contributed by atoms with E-state index in [0.29, 0.717) is 12.0 Å². The summed E-state index contributed by atoms with van der Waals surface area (Å²) in [5, 5.41) is 27.4. The maximum Gasteiger partial charge on any atom is 0.326 e. The van der Waals surface area contributed by atoms with Gasteiger partial charge in [0.2, 0.25) is 23.6 Å². The molecule has 0 spiro atoms. The number of hydrogen-bond acceptors (Lipinski definition) is 7. The number of nitrogens with two attached hydrogens (primary N) is 2. The Morgan fingerprint density at radius 2 is 1.61 bits per heavy atom. The summed E-state index contributed by atoms with van der Waals surface area (Å²) in [6.45, 7) is 4.75. The summed E-state index contributed by atoms with van der Waals surface area (Å²) in [5.41, 5.74) is 12.3. The third-order valence-corrected chi connectivity index (χ3v) is 6.37. The van der Waals surface area contributed by atoms with E-state index in [4.69, 9.17) is 11.5 Å². The highest BCUT2D eigenvalue weighted by molar-refractivity contribution is 5.96. The van der Waals surface area contributed by atoms with Crippen LogP contribution < -0.4 is 27.4 Å². The molecule has 13 nitrogen and oxygen atoms in total. The van der Waals surface area contributed by atoms with Gasteiger partial charge < -0.3 is 42.6 Å². The van der Waals surface area contributed by atoms with Crippen molar-refractivity contribution in [2.45, 2.75) is 70.3 Å². The first-order valence-electron chi connectivity index (χ1n) is 12.3. The van der Waals surface area contributed by atoms with Crippen molar-refractivity contribution in [1.82, 2.24) is 20.9 Å². The number of aromatic nitrogens is 1. The number of H-pyrrole nitrogens is 1. The number of carbonyl (C=O) groups is 5. The molecule has 10 N–H and O–H groups in total. The molecule has 0 saturated heterocycles. The fourth-order valence-electron chi connectivity index (χ4n) is 3.84. The zero-order valence-electron chi connectivity index (χ0n) is 21.6. The molecule has 4 amide bonds. The highest BCUT2D eigenvalue weighted by atomic mass is 16.4. The summed E-state index contributed by atoms with van der Waals surface area (Å²) in [5.74, 6) is -5.13. The van der Waals surface area contributed by atoms with Crippen molar-refractivity contribution in [2.24, 2.45) is 17.4 Å². The molecular formula is C25H36N6O7. The third kappa shape index (κ3) is 8.02. The van der Waals surface area contributed by atoms with Crippen LogP contribution in [0, 0.1) is 5.92 Å². The molecule has 2 aromatic rings.